The Labute approximate surface area is 160 Å². The van der Waals surface area contributed by atoms with Crippen molar-refractivity contribution in [2.45, 2.75) is 20.4 Å². The zero-order valence-electron chi connectivity index (χ0n) is 16.6. The fourth-order valence-corrected chi connectivity index (χ4v) is 3.43. The van der Waals surface area contributed by atoms with E-state index in [4.69, 9.17) is 9.47 Å². The standard InChI is InChI=1S/C20H28N4O3/c1-15-11-16(2)24(21-15)10-7-22-5-8-23(9-6-22)20(25)17-12-18(26-3)14-19(13-17)27-4/h11-14H,5-10H2,1-4H3. The van der Waals surface area contributed by atoms with E-state index >= 15 is 0 Å². The minimum absolute atomic E-state index is 0.0189. The summed E-state index contributed by atoms with van der Waals surface area (Å²) in [6.07, 6.45) is 0. The van der Waals surface area contributed by atoms with Crippen molar-refractivity contribution in [3.8, 4) is 11.5 Å². The first-order valence-electron chi connectivity index (χ1n) is 9.26. The second-order valence-electron chi connectivity index (χ2n) is 6.89. The second-order valence-corrected chi connectivity index (χ2v) is 6.89. The van der Waals surface area contributed by atoms with E-state index < -0.39 is 0 Å². The fourth-order valence-electron chi connectivity index (χ4n) is 3.43. The van der Waals surface area contributed by atoms with Crippen molar-refractivity contribution in [3.05, 3.63) is 41.2 Å². The van der Waals surface area contributed by atoms with Crippen LogP contribution in [-0.4, -0.2) is 72.4 Å². The summed E-state index contributed by atoms with van der Waals surface area (Å²) in [6, 6.07) is 7.40. The van der Waals surface area contributed by atoms with Crippen LogP contribution >= 0.6 is 0 Å². The van der Waals surface area contributed by atoms with Crippen LogP contribution in [-0.2, 0) is 6.54 Å². The van der Waals surface area contributed by atoms with E-state index in [1.54, 1.807) is 32.4 Å². The van der Waals surface area contributed by atoms with Crippen molar-refractivity contribution in [1.82, 2.24) is 19.6 Å². The summed E-state index contributed by atoms with van der Waals surface area (Å²) in [5, 5.41) is 4.51. The maximum Gasteiger partial charge on any atom is 0.254 e. The van der Waals surface area contributed by atoms with E-state index in [1.807, 2.05) is 11.8 Å². The van der Waals surface area contributed by atoms with Gasteiger partial charge in [-0.05, 0) is 32.0 Å². The normalized spacial score (nSPS) is 15.0. The molecule has 2 aromatic rings. The van der Waals surface area contributed by atoms with Crippen molar-refractivity contribution >= 4 is 5.91 Å². The lowest BCUT2D eigenvalue weighted by molar-refractivity contribution is 0.0631. The smallest absolute Gasteiger partial charge is 0.254 e. The van der Waals surface area contributed by atoms with Crippen molar-refractivity contribution in [3.63, 3.8) is 0 Å². The number of hydrogen-bond donors (Lipinski definition) is 0. The Morgan fingerprint density at radius 2 is 1.59 bits per heavy atom. The van der Waals surface area contributed by atoms with Gasteiger partial charge in [-0.25, -0.2) is 0 Å². The third-order valence-electron chi connectivity index (χ3n) is 4.99. The van der Waals surface area contributed by atoms with Gasteiger partial charge in [-0.1, -0.05) is 0 Å². The van der Waals surface area contributed by atoms with Gasteiger partial charge in [0.25, 0.3) is 5.91 Å². The molecule has 1 saturated heterocycles. The maximum atomic E-state index is 12.9. The molecule has 0 saturated carbocycles. The minimum atomic E-state index is 0.0189. The molecule has 1 aromatic carbocycles. The van der Waals surface area contributed by atoms with Crippen molar-refractivity contribution in [2.75, 3.05) is 46.9 Å². The number of carbonyl (C=O) groups is 1. The number of methoxy groups -OCH3 is 2. The number of amides is 1. The van der Waals surface area contributed by atoms with Crippen molar-refractivity contribution in [2.24, 2.45) is 0 Å². The molecule has 7 heteroatoms. The SMILES string of the molecule is COc1cc(OC)cc(C(=O)N2CCN(CCn3nc(C)cc3C)CC2)c1. The Morgan fingerprint density at radius 1 is 0.963 bits per heavy atom. The number of hydrogen-bond acceptors (Lipinski definition) is 5. The van der Waals surface area contributed by atoms with Gasteiger partial charge in [-0.3, -0.25) is 14.4 Å². The number of carbonyl (C=O) groups excluding carboxylic acids is 1. The van der Waals surface area contributed by atoms with Gasteiger partial charge in [0.15, 0.2) is 0 Å². The number of benzene rings is 1. The zero-order valence-corrected chi connectivity index (χ0v) is 16.6. The van der Waals surface area contributed by atoms with Gasteiger partial charge in [0.05, 0.1) is 26.5 Å². The highest BCUT2D eigenvalue weighted by Gasteiger charge is 2.23. The van der Waals surface area contributed by atoms with Crippen molar-refractivity contribution in [1.29, 1.82) is 0 Å². The molecular weight excluding hydrogens is 344 g/mol. The fraction of sp³-hybridized carbons (Fsp3) is 0.500. The molecule has 2 heterocycles. The largest absolute Gasteiger partial charge is 0.497 e. The highest BCUT2D eigenvalue weighted by molar-refractivity contribution is 5.95. The Hall–Kier alpha value is -2.54. The van der Waals surface area contributed by atoms with Crippen LogP contribution in [0.1, 0.15) is 21.7 Å². The summed E-state index contributed by atoms with van der Waals surface area (Å²) in [7, 11) is 3.18. The van der Waals surface area contributed by atoms with Gasteiger partial charge in [0.2, 0.25) is 0 Å². The van der Waals surface area contributed by atoms with Crippen LogP contribution in [0.25, 0.3) is 0 Å². The van der Waals surface area contributed by atoms with Gasteiger partial charge >= 0.3 is 0 Å². The van der Waals surface area contributed by atoms with Gasteiger partial charge in [-0.2, -0.15) is 5.10 Å². The summed E-state index contributed by atoms with van der Waals surface area (Å²) in [4.78, 5) is 17.1. The summed E-state index contributed by atoms with van der Waals surface area (Å²) in [6.45, 7) is 9.08. The summed E-state index contributed by atoms with van der Waals surface area (Å²) < 4.78 is 12.6. The van der Waals surface area contributed by atoms with E-state index in [0.29, 0.717) is 17.1 Å². The van der Waals surface area contributed by atoms with Crippen LogP contribution in [0.2, 0.25) is 0 Å². The lowest BCUT2D eigenvalue weighted by atomic mass is 10.1. The number of piperazine rings is 1. The van der Waals surface area contributed by atoms with Gasteiger partial charge in [0.1, 0.15) is 11.5 Å². The predicted molar refractivity (Wildman–Crippen MR) is 104 cm³/mol. The van der Waals surface area contributed by atoms with Crippen LogP contribution < -0.4 is 9.47 Å². The molecular formula is C20H28N4O3. The van der Waals surface area contributed by atoms with E-state index in [-0.39, 0.29) is 5.91 Å². The third kappa shape index (κ3) is 4.60. The molecule has 1 fully saturated rings. The molecule has 27 heavy (non-hydrogen) atoms. The van der Waals surface area contributed by atoms with Crippen LogP contribution in [0, 0.1) is 13.8 Å². The molecule has 3 rings (SSSR count). The van der Waals surface area contributed by atoms with E-state index in [2.05, 4.69) is 27.7 Å². The van der Waals surface area contributed by atoms with Crippen LogP contribution in [0.3, 0.4) is 0 Å². The quantitative estimate of drug-likeness (QED) is 0.776. The van der Waals surface area contributed by atoms with E-state index in [0.717, 1.165) is 45.0 Å². The number of aryl methyl sites for hydroxylation is 2. The summed E-state index contributed by atoms with van der Waals surface area (Å²) >= 11 is 0. The topological polar surface area (TPSA) is 59.8 Å². The Balaban J connectivity index is 1.55. The lowest BCUT2D eigenvalue weighted by Crippen LogP contribution is -2.49. The molecule has 1 aromatic heterocycles. The first-order valence-corrected chi connectivity index (χ1v) is 9.26. The van der Waals surface area contributed by atoms with Crippen LogP contribution in [0.15, 0.2) is 24.3 Å². The molecule has 1 amide bonds. The second kappa shape index (κ2) is 8.43. The first kappa shape index (κ1) is 19.2. The molecule has 0 N–H and O–H groups in total. The molecule has 0 radical (unpaired) electrons. The zero-order chi connectivity index (χ0) is 19.4. The summed E-state index contributed by atoms with van der Waals surface area (Å²) in [5.41, 5.74) is 2.84. The summed E-state index contributed by atoms with van der Waals surface area (Å²) in [5.74, 6) is 1.27. The van der Waals surface area contributed by atoms with E-state index in [9.17, 15) is 4.79 Å². The molecule has 0 atom stereocenters. The Bertz CT molecular complexity index is 772. The molecule has 7 nitrogen and oxygen atoms in total. The predicted octanol–water partition coefficient (Wildman–Crippen LogP) is 1.98. The van der Waals surface area contributed by atoms with Gasteiger partial charge < -0.3 is 14.4 Å². The molecule has 0 bridgehead atoms. The Morgan fingerprint density at radius 3 is 2.11 bits per heavy atom. The number of aromatic nitrogens is 2. The maximum absolute atomic E-state index is 12.9. The first-order chi connectivity index (χ1) is 13.0. The van der Waals surface area contributed by atoms with Gasteiger partial charge in [0, 0.05) is 50.0 Å². The molecule has 0 unspecified atom stereocenters. The molecule has 1 aliphatic rings. The molecule has 1 aliphatic heterocycles. The monoisotopic (exact) mass is 372 g/mol. The third-order valence-corrected chi connectivity index (χ3v) is 4.99. The number of rotatable bonds is 6. The van der Waals surface area contributed by atoms with Gasteiger partial charge in [-0.15, -0.1) is 0 Å². The Kier molecular flexibility index (Phi) is 6.01. The molecule has 0 spiro atoms. The van der Waals surface area contributed by atoms with Crippen LogP contribution in [0.5, 0.6) is 11.5 Å². The minimum Gasteiger partial charge on any atom is -0.497 e. The van der Waals surface area contributed by atoms with E-state index in [1.165, 1.54) is 5.69 Å². The molecule has 0 aliphatic carbocycles. The average molecular weight is 372 g/mol. The average Bonchev–Trinajstić information content (AvgIpc) is 3.02. The highest BCUT2D eigenvalue weighted by atomic mass is 16.5. The highest BCUT2D eigenvalue weighted by Crippen LogP contribution is 2.23. The lowest BCUT2D eigenvalue weighted by Gasteiger charge is -2.34. The molecule has 146 valence electrons. The number of nitrogens with zero attached hydrogens (tertiary/aromatic N) is 4. The number of ether oxygens (including phenoxy) is 2. The van der Waals surface area contributed by atoms with Crippen LogP contribution in [0.4, 0.5) is 0 Å². The van der Waals surface area contributed by atoms with Crippen molar-refractivity contribution < 1.29 is 14.3 Å².